The molecule has 8 nitrogen and oxygen atoms in total. The molecule has 0 aliphatic rings. The van der Waals surface area contributed by atoms with Crippen LogP contribution in [0.2, 0.25) is 0 Å². The summed E-state index contributed by atoms with van der Waals surface area (Å²) in [4.78, 5) is 11.6. The third-order valence-electron chi connectivity index (χ3n) is 1.89. The average molecular weight is 221 g/mol. The fourth-order valence-corrected chi connectivity index (χ4v) is 1.16. The second-order valence-electron chi connectivity index (χ2n) is 3.10. The van der Waals surface area contributed by atoms with Gasteiger partial charge in [0.05, 0.1) is 24.6 Å². The van der Waals surface area contributed by atoms with E-state index in [9.17, 15) is 4.79 Å². The van der Waals surface area contributed by atoms with Crippen molar-refractivity contribution in [1.82, 2.24) is 25.2 Å². The number of anilines is 1. The van der Waals surface area contributed by atoms with E-state index in [0.29, 0.717) is 18.8 Å². The minimum atomic E-state index is -0.329. The highest BCUT2D eigenvalue weighted by Gasteiger charge is 2.10. The molecule has 2 aromatic heterocycles. The number of nitrogens with one attached hydrogen (secondary N) is 2. The van der Waals surface area contributed by atoms with Crippen LogP contribution in [0.5, 0.6) is 0 Å². The predicted octanol–water partition coefficient (Wildman–Crippen LogP) is -0.788. The van der Waals surface area contributed by atoms with Gasteiger partial charge in [-0.2, -0.15) is 5.10 Å². The third-order valence-corrected chi connectivity index (χ3v) is 1.89. The van der Waals surface area contributed by atoms with Gasteiger partial charge in [0.1, 0.15) is 0 Å². The van der Waals surface area contributed by atoms with Crippen molar-refractivity contribution in [3.05, 3.63) is 24.3 Å². The smallest absolute Gasteiger partial charge is 0.277 e. The maximum atomic E-state index is 11.6. The Kier molecular flexibility index (Phi) is 2.92. The van der Waals surface area contributed by atoms with Crippen LogP contribution in [-0.2, 0) is 6.54 Å². The van der Waals surface area contributed by atoms with E-state index >= 15 is 0 Å². The van der Waals surface area contributed by atoms with Gasteiger partial charge < -0.3 is 11.1 Å². The van der Waals surface area contributed by atoms with Gasteiger partial charge in [0.15, 0.2) is 5.69 Å². The van der Waals surface area contributed by atoms with Crippen molar-refractivity contribution < 1.29 is 4.79 Å². The molecule has 0 aliphatic carbocycles. The Morgan fingerprint density at radius 1 is 1.62 bits per heavy atom. The summed E-state index contributed by atoms with van der Waals surface area (Å²) in [6.07, 6.45) is 4.62. The number of aromatic nitrogens is 5. The van der Waals surface area contributed by atoms with Gasteiger partial charge in [-0.3, -0.25) is 14.6 Å². The Labute approximate surface area is 90.8 Å². The van der Waals surface area contributed by atoms with Crippen LogP contribution >= 0.6 is 0 Å². The molecule has 4 N–H and O–H groups in total. The third kappa shape index (κ3) is 2.23. The van der Waals surface area contributed by atoms with E-state index in [0.717, 1.165) is 0 Å². The number of carbonyl (C=O) groups excluding carboxylic acids is 1. The van der Waals surface area contributed by atoms with E-state index in [1.165, 1.54) is 10.9 Å². The van der Waals surface area contributed by atoms with Crippen LogP contribution in [-0.4, -0.2) is 37.6 Å². The topological polar surface area (TPSA) is 115 Å². The van der Waals surface area contributed by atoms with Gasteiger partial charge in [-0.25, -0.2) is 0 Å². The summed E-state index contributed by atoms with van der Waals surface area (Å²) in [5.41, 5.74) is 6.18. The number of aromatic amines is 1. The van der Waals surface area contributed by atoms with Crippen LogP contribution in [0.25, 0.3) is 0 Å². The predicted molar refractivity (Wildman–Crippen MR) is 55.6 cm³/mol. The van der Waals surface area contributed by atoms with Gasteiger partial charge in [-0.1, -0.05) is 5.21 Å². The minimum Gasteiger partial charge on any atom is -0.329 e. The molecular formula is C8H11N7O. The Balaban J connectivity index is 2.03. The first-order valence-corrected chi connectivity index (χ1v) is 4.70. The van der Waals surface area contributed by atoms with Crippen molar-refractivity contribution in [3.63, 3.8) is 0 Å². The number of hydrogen-bond acceptors (Lipinski definition) is 5. The molecule has 16 heavy (non-hydrogen) atoms. The molecule has 84 valence electrons. The summed E-state index contributed by atoms with van der Waals surface area (Å²) in [5.74, 6) is -0.329. The number of amides is 1. The number of rotatable bonds is 4. The van der Waals surface area contributed by atoms with Gasteiger partial charge >= 0.3 is 0 Å². The van der Waals surface area contributed by atoms with Crippen LogP contribution in [0.3, 0.4) is 0 Å². The Hall–Kier alpha value is -2.22. The largest absolute Gasteiger partial charge is 0.329 e. The van der Waals surface area contributed by atoms with Crippen LogP contribution in [0.4, 0.5) is 5.69 Å². The molecule has 8 heteroatoms. The molecule has 1 amide bonds. The second-order valence-corrected chi connectivity index (χ2v) is 3.10. The lowest BCUT2D eigenvalue weighted by Gasteiger charge is -1.96. The van der Waals surface area contributed by atoms with Crippen molar-refractivity contribution in [3.8, 4) is 0 Å². The Morgan fingerprint density at radius 3 is 3.19 bits per heavy atom. The number of hydrogen-bond donors (Lipinski definition) is 3. The molecule has 2 rings (SSSR count). The highest BCUT2D eigenvalue weighted by atomic mass is 16.2. The van der Waals surface area contributed by atoms with Gasteiger partial charge in [0, 0.05) is 12.7 Å². The highest BCUT2D eigenvalue weighted by Crippen LogP contribution is 2.03. The van der Waals surface area contributed by atoms with E-state index in [2.05, 4.69) is 25.8 Å². The standard InChI is InChI=1S/C8H11N7O/c9-1-2-15-5-7(13-14-15)8(16)12-6-3-10-11-4-6/h3-5H,1-2,9H2,(H,10,11)(H,12,16). The van der Waals surface area contributed by atoms with E-state index in [1.54, 1.807) is 12.4 Å². The van der Waals surface area contributed by atoms with Crippen LogP contribution in [0, 0.1) is 0 Å². The Bertz CT molecular complexity index is 460. The monoisotopic (exact) mass is 221 g/mol. The molecule has 0 spiro atoms. The van der Waals surface area contributed by atoms with Crippen LogP contribution in [0.1, 0.15) is 10.5 Å². The number of nitrogens with two attached hydrogens (primary N) is 1. The van der Waals surface area contributed by atoms with Crippen molar-refractivity contribution in [2.45, 2.75) is 6.54 Å². The molecule has 0 saturated heterocycles. The molecule has 0 radical (unpaired) electrons. The van der Waals surface area contributed by atoms with Gasteiger partial charge in [-0.05, 0) is 0 Å². The normalized spacial score (nSPS) is 10.3. The maximum absolute atomic E-state index is 11.6. The van der Waals surface area contributed by atoms with E-state index in [4.69, 9.17) is 5.73 Å². The van der Waals surface area contributed by atoms with Crippen molar-refractivity contribution in [1.29, 1.82) is 0 Å². The van der Waals surface area contributed by atoms with Crippen molar-refractivity contribution >= 4 is 11.6 Å². The quantitative estimate of drug-likeness (QED) is 0.626. The zero-order valence-electron chi connectivity index (χ0n) is 8.42. The molecule has 0 aliphatic heterocycles. The summed E-state index contributed by atoms with van der Waals surface area (Å²) >= 11 is 0. The van der Waals surface area contributed by atoms with E-state index < -0.39 is 0 Å². The zero-order valence-corrected chi connectivity index (χ0v) is 8.42. The zero-order chi connectivity index (χ0) is 11.4. The molecule has 0 fully saturated rings. The van der Waals surface area contributed by atoms with E-state index in [1.807, 2.05) is 0 Å². The molecule has 0 aromatic carbocycles. The molecule has 2 aromatic rings. The fraction of sp³-hybridized carbons (Fsp3) is 0.250. The second kappa shape index (κ2) is 4.53. The summed E-state index contributed by atoms with van der Waals surface area (Å²) < 4.78 is 1.52. The lowest BCUT2D eigenvalue weighted by molar-refractivity contribution is 0.102. The molecule has 0 unspecified atom stereocenters. The SMILES string of the molecule is NCCn1cc(C(=O)Nc2cn[nH]c2)nn1. The number of nitrogens with zero attached hydrogens (tertiary/aromatic N) is 4. The molecule has 0 bridgehead atoms. The fourth-order valence-electron chi connectivity index (χ4n) is 1.16. The average Bonchev–Trinajstić information content (AvgIpc) is 2.89. The van der Waals surface area contributed by atoms with Crippen molar-refractivity contribution in [2.75, 3.05) is 11.9 Å². The molecule has 0 atom stereocenters. The number of H-pyrrole nitrogens is 1. The molecule has 0 saturated carbocycles. The summed E-state index contributed by atoms with van der Waals surface area (Å²) in [6.45, 7) is 0.984. The molecule has 2 heterocycles. The molecular weight excluding hydrogens is 210 g/mol. The Morgan fingerprint density at radius 2 is 2.50 bits per heavy atom. The van der Waals surface area contributed by atoms with Crippen LogP contribution in [0.15, 0.2) is 18.6 Å². The highest BCUT2D eigenvalue weighted by molar-refractivity contribution is 6.02. The van der Waals surface area contributed by atoms with Crippen molar-refractivity contribution in [2.24, 2.45) is 5.73 Å². The lowest BCUT2D eigenvalue weighted by atomic mass is 10.4. The van der Waals surface area contributed by atoms with Gasteiger partial charge in [-0.15, -0.1) is 5.10 Å². The lowest BCUT2D eigenvalue weighted by Crippen LogP contribution is -2.12. The van der Waals surface area contributed by atoms with E-state index in [-0.39, 0.29) is 11.6 Å². The first-order valence-electron chi connectivity index (χ1n) is 4.70. The first kappa shape index (κ1) is 10.3. The van der Waals surface area contributed by atoms with Gasteiger partial charge in [0.25, 0.3) is 5.91 Å². The first-order chi connectivity index (χ1) is 7.79. The summed E-state index contributed by atoms with van der Waals surface area (Å²) in [6, 6.07) is 0. The van der Waals surface area contributed by atoms with Crippen LogP contribution < -0.4 is 11.1 Å². The maximum Gasteiger partial charge on any atom is 0.277 e. The minimum absolute atomic E-state index is 0.245. The van der Waals surface area contributed by atoms with Gasteiger partial charge in [0.2, 0.25) is 0 Å². The summed E-state index contributed by atoms with van der Waals surface area (Å²) in [7, 11) is 0. The summed E-state index contributed by atoms with van der Waals surface area (Å²) in [5, 5.41) is 16.4. The number of carbonyl (C=O) groups is 1.